The average Bonchev–Trinajstić information content (AvgIpc) is 2.42. The lowest BCUT2D eigenvalue weighted by Crippen LogP contribution is -2.14. The molecule has 1 rings (SSSR count). The summed E-state index contributed by atoms with van der Waals surface area (Å²) in [7, 11) is 2.28. The van der Waals surface area contributed by atoms with Crippen molar-refractivity contribution in [1.29, 1.82) is 0 Å². The minimum absolute atomic E-state index is 0.534. The number of methoxy groups -OCH3 is 1. The van der Waals surface area contributed by atoms with Gasteiger partial charge in [-0.15, -0.1) is 0 Å². The van der Waals surface area contributed by atoms with E-state index in [1.54, 1.807) is 7.11 Å². The van der Waals surface area contributed by atoms with E-state index in [1.165, 1.54) is 11.1 Å². The van der Waals surface area contributed by atoms with Crippen LogP contribution >= 0.6 is 0 Å². The molecule has 0 aromatic heterocycles. The molecule has 0 heterocycles. The molecule has 2 radical (unpaired) electrons. The topological polar surface area (TPSA) is 18.5 Å². The summed E-state index contributed by atoms with van der Waals surface area (Å²) in [5, 5.41) is 0. The van der Waals surface area contributed by atoms with Gasteiger partial charge in [0.1, 0.15) is 0 Å². The van der Waals surface area contributed by atoms with Crippen LogP contribution in [-0.4, -0.2) is 30.1 Å². The molecule has 2 nitrogen and oxygen atoms in total. The normalized spacial score (nSPS) is 12.3. The number of hydrogen-bond acceptors (Lipinski definition) is 2. The summed E-state index contributed by atoms with van der Waals surface area (Å²) in [6.07, 6.45) is 3.94. The standard InChI is InChI=1S/C15H22O2Si/c1-4-13-7-6-8-14(11-13)9-10-17-18-15(5-2)12-16-3/h4,6-8,11,15H,1,5,9-10,12H2,2-3H3. The monoisotopic (exact) mass is 262 g/mol. The van der Waals surface area contributed by atoms with E-state index < -0.39 is 0 Å². The van der Waals surface area contributed by atoms with Crippen LogP contribution in [0.15, 0.2) is 30.8 Å². The summed E-state index contributed by atoms with van der Waals surface area (Å²) in [6, 6.07) is 8.41. The largest absolute Gasteiger partial charge is 0.417 e. The van der Waals surface area contributed by atoms with Crippen molar-refractivity contribution in [2.24, 2.45) is 0 Å². The summed E-state index contributed by atoms with van der Waals surface area (Å²) >= 11 is 0. The Morgan fingerprint density at radius 1 is 1.44 bits per heavy atom. The van der Waals surface area contributed by atoms with Crippen LogP contribution in [0.25, 0.3) is 6.08 Å². The number of ether oxygens (including phenoxy) is 1. The van der Waals surface area contributed by atoms with Crippen molar-refractivity contribution in [2.45, 2.75) is 25.3 Å². The summed E-state index contributed by atoms with van der Waals surface area (Å²) in [5.41, 5.74) is 3.01. The van der Waals surface area contributed by atoms with Crippen LogP contribution < -0.4 is 0 Å². The average molecular weight is 262 g/mol. The SMILES string of the molecule is C=Cc1cccc(CCO[Si]C(CC)COC)c1. The van der Waals surface area contributed by atoms with Crippen molar-refractivity contribution in [3.05, 3.63) is 42.0 Å². The molecule has 1 unspecified atom stereocenters. The smallest absolute Gasteiger partial charge is 0.235 e. The molecule has 1 aromatic carbocycles. The Morgan fingerprint density at radius 3 is 2.94 bits per heavy atom. The molecule has 1 atom stereocenters. The Morgan fingerprint density at radius 2 is 2.28 bits per heavy atom. The second-order valence-corrected chi connectivity index (χ2v) is 5.57. The molecule has 0 amide bonds. The van der Waals surface area contributed by atoms with Crippen molar-refractivity contribution in [3.8, 4) is 0 Å². The van der Waals surface area contributed by atoms with Gasteiger partial charge in [0.15, 0.2) is 0 Å². The molecule has 0 aliphatic carbocycles. The van der Waals surface area contributed by atoms with E-state index in [-0.39, 0.29) is 0 Å². The highest BCUT2D eigenvalue weighted by Crippen LogP contribution is 2.10. The first kappa shape index (κ1) is 15.2. The number of rotatable bonds is 9. The van der Waals surface area contributed by atoms with Crippen molar-refractivity contribution in [2.75, 3.05) is 20.3 Å². The highest BCUT2D eigenvalue weighted by Gasteiger charge is 2.08. The summed E-state index contributed by atoms with van der Waals surface area (Å²) in [4.78, 5) is 0. The maximum atomic E-state index is 5.74. The molecule has 0 saturated heterocycles. The van der Waals surface area contributed by atoms with Crippen molar-refractivity contribution in [3.63, 3.8) is 0 Å². The van der Waals surface area contributed by atoms with E-state index in [2.05, 4.69) is 37.8 Å². The lowest BCUT2D eigenvalue weighted by atomic mass is 10.1. The van der Waals surface area contributed by atoms with Crippen molar-refractivity contribution in [1.82, 2.24) is 0 Å². The molecule has 0 fully saturated rings. The van der Waals surface area contributed by atoms with E-state index in [0.29, 0.717) is 15.3 Å². The van der Waals surface area contributed by atoms with Gasteiger partial charge in [0.05, 0.1) is 0 Å². The fourth-order valence-corrected chi connectivity index (χ4v) is 2.51. The predicted molar refractivity (Wildman–Crippen MR) is 77.9 cm³/mol. The number of hydrogen-bond donors (Lipinski definition) is 0. The second kappa shape index (κ2) is 9.08. The Hall–Kier alpha value is -0.903. The van der Waals surface area contributed by atoms with Gasteiger partial charge in [-0.25, -0.2) is 0 Å². The van der Waals surface area contributed by atoms with Crippen molar-refractivity contribution < 1.29 is 9.16 Å². The minimum atomic E-state index is 0.534. The van der Waals surface area contributed by atoms with Crippen LogP contribution in [0.5, 0.6) is 0 Å². The second-order valence-electron chi connectivity index (χ2n) is 4.23. The van der Waals surface area contributed by atoms with Gasteiger partial charge in [0, 0.05) is 25.9 Å². The third kappa shape index (κ3) is 5.62. The lowest BCUT2D eigenvalue weighted by Gasteiger charge is -2.12. The molecule has 0 spiro atoms. The fraction of sp³-hybridized carbons (Fsp3) is 0.467. The molecule has 18 heavy (non-hydrogen) atoms. The Labute approximate surface area is 113 Å². The van der Waals surface area contributed by atoms with Crippen LogP contribution in [-0.2, 0) is 15.6 Å². The first-order chi connectivity index (χ1) is 8.80. The van der Waals surface area contributed by atoms with Gasteiger partial charge in [-0.05, 0) is 17.5 Å². The van der Waals surface area contributed by atoms with Crippen LogP contribution in [0, 0.1) is 0 Å². The van der Waals surface area contributed by atoms with Gasteiger partial charge >= 0.3 is 0 Å². The maximum Gasteiger partial charge on any atom is 0.235 e. The van der Waals surface area contributed by atoms with Gasteiger partial charge in [0.25, 0.3) is 0 Å². The molecular weight excluding hydrogens is 240 g/mol. The summed E-state index contributed by atoms with van der Waals surface area (Å²) < 4.78 is 10.9. The molecule has 98 valence electrons. The van der Waals surface area contributed by atoms with E-state index in [4.69, 9.17) is 9.16 Å². The molecule has 0 saturated carbocycles. The fourth-order valence-electron chi connectivity index (χ4n) is 1.66. The van der Waals surface area contributed by atoms with Crippen molar-refractivity contribution >= 4 is 15.8 Å². The van der Waals surface area contributed by atoms with Gasteiger partial charge in [0.2, 0.25) is 9.76 Å². The molecule has 1 aromatic rings. The molecule has 3 heteroatoms. The van der Waals surface area contributed by atoms with Crippen LogP contribution in [0.1, 0.15) is 24.5 Å². The summed E-state index contributed by atoms with van der Waals surface area (Å²) in [6.45, 7) is 7.52. The molecule has 0 aliphatic rings. The van der Waals surface area contributed by atoms with Crippen LogP contribution in [0.3, 0.4) is 0 Å². The number of benzene rings is 1. The third-order valence-corrected chi connectivity index (χ3v) is 4.07. The van der Waals surface area contributed by atoms with Gasteiger partial charge in [-0.2, -0.15) is 0 Å². The van der Waals surface area contributed by atoms with Crippen LogP contribution in [0.4, 0.5) is 0 Å². The zero-order chi connectivity index (χ0) is 13.2. The highest BCUT2D eigenvalue weighted by molar-refractivity contribution is 6.29. The maximum absolute atomic E-state index is 5.74. The van der Waals surface area contributed by atoms with Gasteiger partial charge in [-0.1, -0.05) is 50.3 Å². The van der Waals surface area contributed by atoms with Gasteiger partial charge in [-0.3, -0.25) is 0 Å². The highest BCUT2D eigenvalue weighted by atomic mass is 28.2. The Balaban J connectivity index is 2.26. The lowest BCUT2D eigenvalue weighted by molar-refractivity contribution is 0.187. The summed E-state index contributed by atoms with van der Waals surface area (Å²) in [5.74, 6) is 0. The minimum Gasteiger partial charge on any atom is -0.417 e. The van der Waals surface area contributed by atoms with Crippen LogP contribution in [0.2, 0.25) is 5.54 Å². The molecule has 0 bridgehead atoms. The third-order valence-electron chi connectivity index (χ3n) is 2.79. The predicted octanol–water partition coefficient (Wildman–Crippen LogP) is 3.35. The molecule has 0 aliphatic heterocycles. The molecular formula is C15H22O2Si. The Kier molecular flexibility index (Phi) is 7.65. The zero-order valence-corrected chi connectivity index (χ0v) is 12.3. The van der Waals surface area contributed by atoms with Gasteiger partial charge < -0.3 is 9.16 Å². The Bertz CT molecular complexity index is 352. The zero-order valence-electron chi connectivity index (χ0n) is 11.3. The molecule has 0 N–H and O–H groups in total. The first-order valence-corrected chi connectivity index (χ1v) is 7.36. The van der Waals surface area contributed by atoms with E-state index >= 15 is 0 Å². The first-order valence-electron chi connectivity index (χ1n) is 6.37. The van der Waals surface area contributed by atoms with E-state index in [1.807, 2.05) is 6.08 Å². The quantitative estimate of drug-likeness (QED) is 0.502. The van der Waals surface area contributed by atoms with E-state index in [0.717, 1.165) is 26.1 Å². The van der Waals surface area contributed by atoms with E-state index in [9.17, 15) is 0 Å².